The lowest BCUT2D eigenvalue weighted by molar-refractivity contribution is -0.0370. The number of nitrogens with zero attached hydrogens (tertiary/aromatic N) is 1. The number of alkyl halides is 3. The molecule has 1 aromatic rings. The molecule has 0 spiro atoms. The van der Waals surface area contributed by atoms with Gasteiger partial charge in [-0.3, -0.25) is 0 Å². The summed E-state index contributed by atoms with van der Waals surface area (Å²) < 4.78 is 47.0. The number of amides is 1. The van der Waals surface area contributed by atoms with E-state index in [9.17, 15) is 18.0 Å². The predicted octanol–water partition coefficient (Wildman–Crippen LogP) is 4.84. The van der Waals surface area contributed by atoms with Crippen LogP contribution < -0.4 is 4.18 Å². The van der Waals surface area contributed by atoms with Crippen molar-refractivity contribution < 1.29 is 26.9 Å². The highest BCUT2D eigenvalue weighted by Crippen LogP contribution is 2.36. The lowest BCUT2D eigenvalue weighted by Gasteiger charge is -2.32. The van der Waals surface area contributed by atoms with Crippen LogP contribution in [0.4, 0.5) is 18.0 Å². The van der Waals surface area contributed by atoms with E-state index in [1.165, 1.54) is 6.07 Å². The van der Waals surface area contributed by atoms with Gasteiger partial charge in [0, 0.05) is 13.1 Å². The van der Waals surface area contributed by atoms with Crippen molar-refractivity contribution in [1.82, 2.24) is 4.90 Å². The zero-order valence-electron chi connectivity index (χ0n) is 14.0. The third-order valence-corrected chi connectivity index (χ3v) is 3.97. The van der Waals surface area contributed by atoms with Crippen LogP contribution in [0.15, 0.2) is 12.1 Å². The number of hydrogen-bond acceptors (Lipinski definition) is 4. The maximum Gasteiger partial charge on any atom is 0.479 e. The van der Waals surface area contributed by atoms with E-state index in [0.717, 1.165) is 11.1 Å². The molecule has 4 nitrogen and oxygen atoms in total. The van der Waals surface area contributed by atoms with Crippen molar-refractivity contribution in [3.05, 3.63) is 28.8 Å². The van der Waals surface area contributed by atoms with Gasteiger partial charge in [0.25, 0.3) is 0 Å². The molecular weight excluding hydrogens is 343 g/mol. The van der Waals surface area contributed by atoms with Crippen LogP contribution >= 0.6 is 12.0 Å². The molecule has 0 saturated heterocycles. The maximum absolute atomic E-state index is 12.3. The van der Waals surface area contributed by atoms with Gasteiger partial charge in [-0.05, 0) is 56.9 Å². The van der Waals surface area contributed by atoms with Gasteiger partial charge in [0.2, 0.25) is 0 Å². The molecule has 24 heavy (non-hydrogen) atoms. The summed E-state index contributed by atoms with van der Waals surface area (Å²) in [6.45, 7) is 7.96. The van der Waals surface area contributed by atoms with Gasteiger partial charge < -0.3 is 13.8 Å². The second kappa shape index (κ2) is 6.74. The van der Waals surface area contributed by atoms with E-state index in [1.54, 1.807) is 38.7 Å². The zero-order chi connectivity index (χ0) is 18.1. The molecule has 1 heterocycles. The van der Waals surface area contributed by atoms with Crippen LogP contribution in [0, 0.1) is 6.92 Å². The summed E-state index contributed by atoms with van der Waals surface area (Å²) in [6.07, 6.45) is 0.160. The molecule has 0 fully saturated rings. The molecule has 0 saturated carbocycles. The third-order valence-electron chi connectivity index (χ3n) is 3.52. The monoisotopic (exact) mass is 363 g/mol. The van der Waals surface area contributed by atoms with Crippen LogP contribution in [0.3, 0.4) is 0 Å². The van der Waals surface area contributed by atoms with Crippen LogP contribution in [-0.2, 0) is 17.7 Å². The van der Waals surface area contributed by atoms with Crippen molar-refractivity contribution in [2.45, 2.75) is 51.8 Å². The molecule has 1 aliphatic rings. The highest BCUT2D eigenvalue weighted by atomic mass is 32.2. The van der Waals surface area contributed by atoms with Gasteiger partial charge in [-0.1, -0.05) is 6.07 Å². The van der Waals surface area contributed by atoms with Gasteiger partial charge in [0.1, 0.15) is 11.4 Å². The van der Waals surface area contributed by atoms with Gasteiger partial charge >= 0.3 is 11.6 Å². The summed E-state index contributed by atoms with van der Waals surface area (Å²) in [7, 11) is 0. The van der Waals surface area contributed by atoms with Gasteiger partial charge in [-0.2, -0.15) is 13.2 Å². The molecule has 1 aliphatic heterocycles. The molecule has 2 rings (SSSR count). The second-order valence-electron chi connectivity index (χ2n) is 6.59. The summed E-state index contributed by atoms with van der Waals surface area (Å²) in [4.78, 5) is 13.7. The van der Waals surface area contributed by atoms with Crippen molar-refractivity contribution in [1.29, 1.82) is 0 Å². The molecule has 0 atom stereocenters. The Bertz CT molecular complexity index is 626. The summed E-state index contributed by atoms with van der Waals surface area (Å²) in [5.74, 6) is 0.196. The van der Waals surface area contributed by atoms with E-state index in [-0.39, 0.29) is 5.75 Å². The Morgan fingerprint density at radius 3 is 2.50 bits per heavy atom. The number of benzene rings is 1. The van der Waals surface area contributed by atoms with E-state index in [2.05, 4.69) is 0 Å². The molecule has 134 valence electrons. The van der Waals surface area contributed by atoms with Gasteiger partial charge in [0.15, 0.2) is 12.0 Å². The first kappa shape index (κ1) is 18.8. The Morgan fingerprint density at radius 2 is 1.92 bits per heavy atom. The Labute approximate surface area is 143 Å². The largest absolute Gasteiger partial charge is 0.479 e. The first-order valence-electron chi connectivity index (χ1n) is 7.48. The first-order chi connectivity index (χ1) is 11.0. The van der Waals surface area contributed by atoms with Gasteiger partial charge in [-0.15, -0.1) is 0 Å². The number of carbonyl (C=O) groups excluding carboxylic acids is 1. The Balaban J connectivity index is 2.11. The number of rotatable bonds is 2. The quantitative estimate of drug-likeness (QED) is 0.705. The molecule has 0 aliphatic carbocycles. The topological polar surface area (TPSA) is 38.8 Å². The van der Waals surface area contributed by atoms with Crippen LogP contribution in [0.5, 0.6) is 5.75 Å². The Hall–Kier alpha value is -1.57. The second-order valence-corrected chi connectivity index (χ2v) is 7.39. The van der Waals surface area contributed by atoms with E-state index >= 15 is 0 Å². The van der Waals surface area contributed by atoms with Crippen molar-refractivity contribution in [3.8, 4) is 5.75 Å². The lowest BCUT2D eigenvalue weighted by atomic mass is 9.95. The fraction of sp³-hybridized carbons (Fsp3) is 0.562. The van der Waals surface area contributed by atoms with Crippen molar-refractivity contribution in [2.24, 2.45) is 0 Å². The zero-order valence-corrected chi connectivity index (χ0v) is 14.8. The Kier molecular flexibility index (Phi) is 5.27. The van der Waals surface area contributed by atoms with E-state index in [0.29, 0.717) is 25.1 Å². The molecule has 1 aromatic carbocycles. The number of halogens is 3. The summed E-state index contributed by atoms with van der Waals surface area (Å²) in [5.41, 5.74) is -2.52. The molecule has 8 heteroatoms. The number of carbonyl (C=O) groups is 1. The number of hydrogen-bond donors (Lipinski definition) is 0. The van der Waals surface area contributed by atoms with Crippen LogP contribution in [0.25, 0.3) is 0 Å². The first-order valence-corrected chi connectivity index (χ1v) is 8.22. The molecule has 0 aromatic heterocycles. The van der Waals surface area contributed by atoms with E-state index in [1.807, 2.05) is 0 Å². The summed E-state index contributed by atoms with van der Waals surface area (Å²) in [5, 5.41) is 0. The average Bonchev–Trinajstić information content (AvgIpc) is 2.43. The van der Waals surface area contributed by atoms with Gasteiger partial charge in [-0.25, -0.2) is 4.79 Å². The summed E-state index contributed by atoms with van der Waals surface area (Å²) >= 11 is -0.521. The van der Waals surface area contributed by atoms with Crippen LogP contribution in [0.2, 0.25) is 0 Å². The SMILES string of the molecule is Cc1c(OSC(F)(F)F)ccc2c1CCN(C(=O)OC(C)(C)C)C2. The average molecular weight is 363 g/mol. The van der Waals surface area contributed by atoms with Crippen molar-refractivity contribution >= 4 is 18.1 Å². The van der Waals surface area contributed by atoms with Crippen molar-refractivity contribution in [3.63, 3.8) is 0 Å². The molecule has 0 bridgehead atoms. The minimum Gasteiger partial charge on any atom is -0.444 e. The Morgan fingerprint density at radius 1 is 1.25 bits per heavy atom. The summed E-state index contributed by atoms with van der Waals surface area (Å²) in [6, 6.07) is 3.20. The number of ether oxygens (including phenoxy) is 1. The molecular formula is C16H20F3NO3S. The predicted molar refractivity (Wildman–Crippen MR) is 85.8 cm³/mol. The fourth-order valence-electron chi connectivity index (χ4n) is 2.48. The fourth-order valence-corrected chi connectivity index (χ4v) is 2.85. The lowest BCUT2D eigenvalue weighted by Crippen LogP contribution is -2.40. The van der Waals surface area contributed by atoms with Crippen LogP contribution in [-0.4, -0.2) is 28.6 Å². The van der Waals surface area contributed by atoms with Crippen LogP contribution in [0.1, 0.15) is 37.5 Å². The molecule has 0 unspecified atom stereocenters. The van der Waals surface area contributed by atoms with E-state index < -0.39 is 29.2 Å². The third kappa shape index (κ3) is 4.96. The molecule has 1 amide bonds. The molecule has 0 radical (unpaired) electrons. The van der Waals surface area contributed by atoms with Crippen molar-refractivity contribution in [2.75, 3.05) is 6.54 Å². The number of fused-ring (bicyclic) bond motifs is 1. The minimum atomic E-state index is -4.45. The maximum atomic E-state index is 12.3. The highest BCUT2D eigenvalue weighted by molar-refractivity contribution is 7.95. The normalized spacial score (nSPS) is 15.0. The standard InChI is InChI=1S/C16H20F3NO3S/c1-10-12-7-8-20(14(21)22-15(2,3)4)9-11(12)5-6-13(10)23-24-16(17,18)19/h5-6H,7-9H2,1-4H3. The smallest absolute Gasteiger partial charge is 0.444 e. The van der Waals surface area contributed by atoms with Gasteiger partial charge in [0.05, 0.1) is 0 Å². The molecule has 0 N–H and O–H groups in total. The minimum absolute atomic E-state index is 0.196. The van der Waals surface area contributed by atoms with E-state index in [4.69, 9.17) is 8.92 Å². The highest BCUT2D eigenvalue weighted by Gasteiger charge is 2.32.